The van der Waals surface area contributed by atoms with Crippen LogP contribution in [0, 0.1) is 5.92 Å². The largest absolute Gasteiger partial charge is 0.464 e. The van der Waals surface area contributed by atoms with E-state index in [9.17, 15) is 0 Å². The number of nitrogens with zero attached hydrogens (tertiary/aromatic N) is 3. The van der Waals surface area contributed by atoms with E-state index in [4.69, 9.17) is 8.83 Å². The third-order valence-corrected chi connectivity index (χ3v) is 4.40. The molecule has 0 amide bonds. The molecular formula is C16H21N3O2. The Morgan fingerprint density at radius 2 is 2.00 bits per heavy atom. The molecule has 0 aromatic carbocycles. The minimum atomic E-state index is 0.518. The summed E-state index contributed by atoms with van der Waals surface area (Å²) in [6, 6.07) is 4.20. The number of hydrogen-bond acceptors (Lipinski definition) is 5. The van der Waals surface area contributed by atoms with Crippen LogP contribution in [0.25, 0.3) is 0 Å². The summed E-state index contributed by atoms with van der Waals surface area (Å²) in [5, 5.41) is 8.24. The van der Waals surface area contributed by atoms with Gasteiger partial charge in [-0.3, -0.25) is 4.90 Å². The van der Waals surface area contributed by atoms with Crippen molar-refractivity contribution in [3.63, 3.8) is 0 Å². The highest BCUT2D eigenvalue weighted by atomic mass is 16.4. The molecule has 2 saturated carbocycles. The number of furan rings is 1. The van der Waals surface area contributed by atoms with Crippen molar-refractivity contribution < 1.29 is 8.83 Å². The van der Waals surface area contributed by atoms with Crippen LogP contribution in [0.15, 0.2) is 21.0 Å². The maximum Gasteiger partial charge on any atom is 0.230 e. The second-order valence-electron chi connectivity index (χ2n) is 6.60. The third kappa shape index (κ3) is 2.88. The van der Waals surface area contributed by atoms with Gasteiger partial charge in [-0.15, -0.1) is 10.2 Å². The highest BCUT2D eigenvalue weighted by Gasteiger charge is 2.36. The molecule has 5 nitrogen and oxygen atoms in total. The Balaban J connectivity index is 1.34. The fourth-order valence-electron chi connectivity index (χ4n) is 2.78. The first-order valence-electron chi connectivity index (χ1n) is 7.78. The van der Waals surface area contributed by atoms with Gasteiger partial charge in [0.15, 0.2) is 0 Å². The lowest BCUT2D eigenvalue weighted by Crippen LogP contribution is -2.17. The van der Waals surface area contributed by atoms with E-state index in [2.05, 4.69) is 34.2 Å². The van der Waals surface area contributed by atoms with Gasteiger partial charge in [0.05, 0.1) is 13.1 Å². The predicted octanol–water partition coefficient (Wildman–Crippen LogP) is 3.30. The third-order valence-electron chi connectivity index (χ3n) is 4.40. The zero-order valence-corrected chi connectivity index (χ0v) is 12.6. The number of rotatable bonds is 6. The first kappa shape index (κ1) is 13.1. The zero-order valence-electron chi connectivity index (χ0n) is 12.6. The van der Waals surface area contributed by atoms with Gasteiger partial charge >= 0.3 is 0 Å². The predicted molar refractivity (Wildman–Crippen MR) is 76.7 cm³/mol. The van der Waals surface area contributed by atoms with E-state index in [-0.39, 0.29) is 0 Å². The van der Waals surface area contributed by atoms with Crippen molar-refractivity contribution in [2.45, 2.75) is 51.1 Å². The van der Waals surface area contributed by atoms with Crippen molar-refractivity contribution >= 4 is 0 Å². The number of hydrogen-bond donors (Lipinski definition) is 0. The van der Waals surface area contributed by atoms with Gasteiger partial charge in [-0.1, -0.05) is 6.92 Å². The summed E-state index contributed by atoms with van der Waals surface area (Å²) in [5.41, 5.74) is 0. The van der Waals surface area contributed by atoms with Crippen molar-refractivity contribution in [2.24, 2.45) is 5.92 Å². The van der Waals surface area contributed by atoms with E-state index in [0.717, 1.165) is 29.9 Å². The molecule has 2 heterocycles. The Hall–Kier alpha value is -1.62. The van der Waals surface area contributed by atoms with Gasteiger partial charge in [-0.05, 0) is 44.4 Å². The van der Waals surface area contributed by atoms with Crippen LogP contribution in [0.1, 0.15) is 61.3 Å². The van der Waals surface area contributed by atoms with Crippen molar-refractivity contribution in [3.05, 3.63) is 35.4 Å². The minimum Gasteiger partial charge on any atom is -0.464 e. The first-order valence-corrected chi connectivity index (χ1v) is 7.78. The minimum absolute atomic E-state index is 0.518. The summed E-state index contributed by atoms with van der Waals surface area (Å²) in [5.74, 6) is 5.59. The summed E-state index contributed by atoms with van der Waals surface area (Å²) in [7, 11) is 2.04. The molecule has 0 bridgehead atoms. The Kier molecular flexibility index (Phi) is 3.10. The second-order valence-corrected chi connectivity index (χ2v) is 6.60. The summed E-state index contributed by atoms with van der Waals surface area (Å²) < 4.78 is 11.6. The van der Waals surface area contributed by atoms with Crippen LogP contribution in [-0.2, 0) is 13.1 Å². The van der Waals surface area contributed by atoms with E-state index >= 15 is 0 Å². The lowest BCUT2D eigenvalue weighted by Gasteiger charge is -2.11. The van der Waals surface area contributed by atoms with Crippen molar-refractivity contribution in [1.82, 2.24) is 15.1 Å². The van der Waals surface area contributed by atoms with E-state index in [1.807, 2.05) is 7.05 Å². The molecule has 0 radical (unpaired) electrons. The monoisotopic (exact) mass is 287 g/mol. The zero-order chi connectivity index (χ0) is 14.4. The molecule has 0 N–H and O–H groups in total. The SMILES string of the molecule is C[C@H]1C[C@@H]1c1ccc(CN(C)Cc2nnc(C3CC3)o2)o1. The van der Waals surface area contributed by atoms with E-state index in [1.54, 1.807) is 0 Å². The molecule has 21 heavy (non-hydrogen) atoms. The molecular weight excluding hydrogens is 266 g/mol. The quantitative estimate of drug-likeness (QED) is 0.816. The fraction of sp³-hybridized carbons (Fsp3) is 0.625. The van der Waals surface area contributed by atoms with Gasteiger partial charge < -0.3 is 8.83 Å². The molecule has 5 heteroatoms. The smallest absolute Gasteiger partial charge is 0.230 e. The van der Waals surface area contributed by atoms with E-state index in [0.29, 0.717) is 24.3 Å². The molecule has 0 unspecified atom stereocenters. The molecule has 0 aliphatic heterocycles. The van der Waals surface area contributed by atoms with Crippen LogP contribution in [0.4, 0.5) is 0 Å². The van der Waals surface area contributed by atoms with Crippen LogP contribution in [0.5, 0.6) is 0 Å². The summed E-state index contributed by atoms with van der Waals surface area (Å²) in [4.78, 5) is 2.14. The van der Waals surface area contributed by atoms with Crippen molar-refractivity contribution in [1.29, 1.82) is 0 Å². The first-order chi connectivity index (χ1) is 10.2. The highest BCUT2D eigenvalue weighted by molar-refractivity contribution is 5.17. The van der Waals surface area contributed by atoms with Gasteiger partial charge in [-0.25, -0.2) is 0 Å². The Bertz CT molecular complexity index is 629. The molecule has 2 fully saturated rings. The summed E-state index contributed by atoms with van der Waals surface area (Å²) in [6.45, 7) is 3.70. The Morgan fingerprint density at radius 3 is 2.71 bits per heavy atom. The lowest BCUT2D eigenvalue weighted by atomic mass is 10.3. The standard InChI is InChI=1S/C16H21N3O2/c1-10-7-13(10)14-6-5-12(20-14)8-19(2)9-15-17-18-16(21-15)11-3-4-11/h5-6,10-11,13H,3-4,7-9H2,1-2H3/t10-,13-/m0/s1. The molecule has 2 aromatic rings. The Labute approximate surface area is 124 Å². The van der Waals surface area contributed by atoms with Crippen molar-refractivity contribution in [3.8, 4) is 0 Å². The van der Waals surface area contributed by atoms with Crippen LogP contribution < -0.4 is 0 Å². The van der Waals surface area contributed by atoms with Crippen LogP contribution in [-0.4, -0.2) is 22.1 Å². The van der Waals surface area contributed by atoms with Crippen LogP contribution in [0.2, 0.25) is 0 Å². The molecule has 2 aromatic heterocycles. The molecule has 2 aliphatic carbocycles. The lowest BCUT2D eigenvalue weighted by molar-refractivity contribution is 0.254. The molecule has 0 saturated heterocycles. The average molecular weight is 287 g/mol. The van der Waals surface area contributed by atoms with E-state index in [1.165, 1.54) is 19.3 Å². The molecule has 2 atom stereocenters. The fourth-order valence-corrected chi connectivity index (χ4v) is 2.78. The topological polar surface area (TPSA) is 55.3 Å². The average Bonchev–Trinajstić information content (AvgIpc) is 3.33. The maximum absolute atomic E-state index is 5.93. The summed E-state index contributed by atoms with van der Waals surface area (Å²) in [6.07, 6.45) is 3.63. The Morgan fingerprint density at radius 1 is 1.19 bits per heavy atom. The molecule has 112 valence electrons. The van der Waals surface area contributed by atoms with Gasteiger partial charge in [0.25, 0.3) is 0 Å². The normalized spacial score (nSPS) is 24.7. The summed E-state index contributed by atoms with van der Waals surface area (Å²) >= 11 is 0. The van der Waals surface area contributed by atoms with Gasteiger partial charge in [0.2, 0.25) is 11.8 Å². The second kappa shape index (κ2) is 4.98. The van der Waals surface area contributed by atoms with Gasteiger partial charge in [0, 0.05) is 11.8 Å². The van der Waals surface area contributed by atoms with E-state index < -0.39 is 0 Å². The van der Waals surface area contributed by atoms with Crippen LogP contribution in [0.3, 0.4) is 0 Å². The van der Waals surface area contributed by atoms with Crippen molar-refractivity contribution in [2.75, 3.05) is 7.05 Å². The molecule has 4 rings (SSSR count). The maximum atomic E-state index is 5.93. The van der Waals surface area contributed by atoms with Gasteiger partial charge in [0.1, 0.15) is 11.5 Å². The molecule has 2 aliphatic rings. The van der Waals surface area contributed by atoms with Gasteiger partial charge in [-0.2, -0.15) is 0 Å². The molecule has 0 spiro atoms. The highest BCUT2D eigenvalue weighted by Crippen LogP contribution is 2.47. The van der Waals surface area contributed by atoms with Crippen LogP contribution >= 0.6 is 0 Å². The number of aromatic nitrogens is 2.